The van der Waals surface area contributed by atoms with Gasteiger partial charge in [0.25, 0.3) is 0 Å². The maximum atomic E-state index is 12.9. The number of carbonyl (C=O) groups excluding carboxylic acids is 1. The average Bonchev–Trinajstić information content (AvgIpc) is 2.39. The van der Waals surface area contributed by atoms with E-state index in [1.807, 2.05) is 25.8 Å². The summed E-state index contributed by atoms with van der Waals surface area (Å²) in [5, 5.41) is 11.9. The number of nitrogens with two attached hydrogens (primary N) is 1. The monoisotopic (exact) mass is 283 g/mol. The Balaban J connectivity index is 2.52. The number of hydrogen-bond acceptors (Lipinski definition) is 4. The number of nitrogen functional groups attached to an aromatic ring is 1. The normalized spacial score (nSPS) is 11.7. The molecule has 112 valence electrons. The molecule has 20 heavy (non-hydrogen) atoms. The second kappa shape index (κ2) is 6.67. The minimum Gasteiger partial charge on any atom is -0.397 e. The zero-order valence-corrected chi connectivity index (χ0v) is 12.1. The second-order valence-electron chi connectivity index (χ2n) is 5.42. The van der Waals surface area contributed by atoms with Gasteiger partial charge in [-0.05, 0) is 39.1 Å². The molecule has 0 saturated heterocycles. The van der Waals surface area contributed by atoms with Crippen LogP contribution in [-0.2, 0) is 4.79 Å². The summed E-state index contributed by atoms with van der Waals surface area (Å²) in [6, 6.07) is 3.84. The van der Waals surface area contributed by atoms with Gasteiger partial charge in [0.15, 0.2) is 0 Å². The van der Waals surface area contributed by atoms with Gasteiger partial charge in [0, 0.05) is 18.5 Å². The highest BCUT2D eigenvalue weighted by atomic mass is 19.1. The first-order valence-corrected chi connectivity index (χ1v) is 6.43. The van der Waals surface area contributed by atoms with Crippen LogP contribution in [0.25, 0.3) is 0 Å². The van der Waals surface area contributed by atoms with Crippen molar-refractivity contribution < 1.29 is 14.3 Å². The maximum Gasteiger partial charge on any atom is 0.225 e. The van der Waals surface area contributed by atoms with Gasteiger partial charge in [0.05, 0.1) is 18.0 Å². The molecular formula is C14H22FN3O2. The topological polar surface area (TPSA) is 78.6 Å². The number of hydrogen-bond donors (Lipinski definition) is 3. The quantitative estimate of drug-likeness (QED) is 0.690. The van der Waals surface area contributed by atoms with Gasteiger partial charge < -0.3 is 16.2 Å². The molecule has 0 bridgehead atoms. The minimum absolute atomic E-state index is 0.00995. The van der Waals surface area contributed by atoms with Gasteiger partial charge in [-0.1, -0.05) is 0 Å². The van der Waals surface area contributed by atoms with Crippen LogP contribution in [0.4, 0.5) is 15.8 Å². The van der Waals surface area contributed by atoms with Crippen LogP contribution in [0.5, 0.6) is 0 Å². The van der Waals surface area contributed by atoms with Crippen molar-refractivity contribution in [3.05, 3.63) is 24.0 Å². The highest BCUT2D eigenvalue weighted by molar-refractivity contribution is 5.93. The molecule has 0 spiro atoms. The van der Waals surface area contributed by atoms with E-state index in [-0.39, 0.29) is 30.2 Å². The lowest BCUT2D eigenvalue weighted by molar-refractivity contribution is -0.116. The number of nitrogens with one attached hydrogen (secondary N) is 1. The number of likely N-dealkylation sites (N-methyl/N-ethyl adjacent to an activating group) is 1. The third-order valence-electron chi connectivity index (χ3n) is 3.38. The molecule has 0 radical (unpaired) electrons. The van der Waals surface area contributed by atoms with Gasteiger partial charge in [-0.15, -0.1) is 0 Å². The van der Waals surface area contributed by atoms with Crippen molar-refractivity contribution in [1.29, 1.82) is 0 Å². The molecule has 0 heterocycles. The number of halogens is 1. The molecule has 1 aromatic carbocycles. The Morgan fingerprint density at radius 2 is 2.15 bits per heavy atom. The number of amides is 1. The lowest BCUT2D eigenvalue weighted by Crippen LogP contribution is -2.45. The molecule has 0 fully saturated rings. The van der Waals surface area contributed by atoms with Gasteiger partial charge >= 0.3 is 0 Å². The van der Waals surface area contributed by atoms with E-state index in [0.717, 1.165) is 6.07 Å². The lowest BCUT2D eigenvalue weighted by atomic mass is 10.1. The Kier molecular flexibility index (Phi) is 5.47. The first-order valence-electron chi connectivity index (χ1n) is 6.43. The Morgan fingerprint density at radius 1 is 1.50 bits per heavy atom. The van der Waals surface area contributed by atoms with Crippen LogP contribution >= 0.6 is 0 Å². The van der Waals surface area contributed by atoms with E-state index in [9.17, 15) is 14.3 Å². The number of nitrogens with zero attached hydrogens (tertiary/aromatic N) is 1. The van der Waals surface area contributed by atoms with E-state index in [0.29, 0.717) is 12.2 Å². The largest absolute Gasteiger partial charge is 0.397 e. The number of carbonyl (C=O) groups is 1. The third kappa shape index (κ3) is 4.47. The SMILES string of the molecule is CN(CCC(=O)Nc1ccc(F)cc1N)C(C)(C)CO. The predicted octanol–water partition coefficient (Wildman–Crippen LogP) is 1.44. The molecular weight excluding hydrogens is 261 g/mol. The Hall–Kier alpha value is -1.66. The molecule has 0 saturated carbocycles. The van der Waals surface area contributed by atoms with Crippen LogP contribution in [-0.4, -0.2) is 41.7 Å². The average molecular weight is 283 g/mol. The van der Waals surface area contributed by atoms with Gasteiger partial charge in [-0.25, -0.2) is 4.39 Å². The fourth-order valence-electron chi connectivity index (χ4n) is 1.55. The van der Waals surface area contributed by atoms with E-state index < -0.39 is 5.82 Å². The lowest BCUT2D eigenvalue weighted by Gasteiger charge is -2.33. The molecule has 1 amide bonds. The Morgan fingerprint density at radius 3 is 2.70 bits per heavy atom. The first kappa shape index (κ1) is 16.4. The molecule has 0 aliphatic carbocycles. The summed E-state index contributed by atoms with van der Waals surface area (Å²) < 4.78 is 12.9. The van der Waals surface area contributed by atoms with Crippen molar-refractivity contribution in [3.63, 3.8) is 0 Å². The standard InChI is InChI=1S/C14H22FN3O2/c1-14(2,9-19)18(3)7-6-13(20)17-12-5-4-10(15)8-11(12)16/h4-5,8,19H,6-7,9,16H2,1-3H3,(H,17,20). The van der Waals surface area contributed by atoms with Crippen molar-refractivity contribution in [2.75, 3.05) is 31.2 Å². The van der Waals surface area contributed by atoms with E-state index in [2.05, 4.69) is 5.32 Å². The molecule has 0 unspecified atom stereocenters. The smallest absolute Gasteiger partial charge is 0.225 e. The number of aliphatic hydroxyl groups excluding tert-OH is 1. The first-order chi connectivity index (χ1) is 9.26. The van der Waals surface area contributed by atoms with Gasteiger partial charge in [0.1, 0.15) is 5.82 Å². The molecule has 0 aromatic heterocycles. The third-order valence-corrected chi connectivity index (χ3v) is 3.38. The van der Waals surface area contributed by atoms with Crippen LogP contribution in [0.1, 0.15) is 20.3 Å². The maximum absolute atomic E-state index is 12.9. The molecule has 5 nitrogen and oxygen atoms in total. The highest BCUT2D eigenvalue weighted by Gasteiger charge is 2.22. The van der Waals surface area contributed by atoms with Crippen molar-refractivity contribution >= 4 is 17.3 Å². The van der Waals surface area contributed by atoms with Crippen molar-refractivity contribution in [2.24, 2.45) is 0 Å². The van der Waals surface area contributed by atoms with Crippen LogP contribution in [0.2, 0.25) is 0 Å². The Labute approximate surface area is 118 Å². The van der Waals surface area contributed by atoms with Crippen molar-refractivity contribution in [3.8, 4) is 0 Å². The van der Waals surface area contributed by atoms with Crippen LogP contribution in [0, 0.1) is 5.82 Å². The second-order valence-corrected chi connectivity index (χ2v) is 5.42. The Bertz CT molecular complexity index is 477. The van der Waals surface area contributed by atoms with E-state index in [1.54, 1.807) is 0 Å². The molecule has 0 aliphatic rings. The number of aliphatic hydroxyl groups is 1. The predicted molar refractivity (Wildman–Crippen MR) is 77.9 cm³/mol. The fourth-order valence-corrected chi connectivity index (χ4v) is 1.55. The van der Waals surface area contributed by atoms with Crippen molar-refractivity contribution in [1.82, 2.24) is 4.90 Å². The minimum atomic E-state index is -0.440. The van der Waals surface area contributed by atoms with Crippen molar-refractivity contribution in [2.45, 2.75) is 25.8 Å². The zero-order chi connectivity index (χ0) is 15.3. The summed E-state index contributed by atoms with van der Waals surface area (Å²) in [5.41, 5.74) is 5.84. The fraction of sp³-hybridized carbons (Fsp3) is 0.500. The number of rotatable bonds is 6. The van der Waals surface area contributed by atoms with Gasteiger partial charge in [-0.3, -0.25) is 9.69 Å². The summed E-state index contributed by atoms with van der Waals surface area (Å²) in [7, 11) is 1.84. The summed E-state index contributed by atoms with van der Waals surface area (Å²) >= 11 is 0. The highest BCUT2D eigenvalue weighted by Crippen LogP contribution is 2.19. The van der Waals surface area contributed by atoms with Gasteiger partial charge in [-0.2, -0.15) is 0 Å². The molecule has 0 aliphatic heterocycles. The van der Waals surface area contributed by atoms with Gasteiger partial charge in [0.2, 0.25) is 5.91 Å². The molecule has 1 aromatic rings. The van der Waals surface area contributed by atoms with E-state index in [1.165, 1.54) is 12.1 Å². The summed E-state index contributed by atoms with van der Waals surface area (Å²) in [6.45, 7) is 4.29. The number of benzene rings is 1. The number of anilines is 2. The molecule has 0 atom stereocenters. The van der Waals surface area contributed by atoms with Crippen LogP contribution in [0.3, 0.4) is 0 Å². The zero-order valence-electron chi connectivity index (χ0n) is 12.1. The molecule has 4 N–H and O–H groups in total. The molecule has 1 rings (SSSR count). The van der Waals surface area contributed by atoms with E-state index in [4.69, 9.17) is 5.73 Å². The van der Waals surface area contributed by atoms with Crippen LogP contribution < -0.4 is 11.1 Å². The van der Waals surface area contributed by atoms with E-state index >= 15 is 0 Å². The summed E-state index contributed by atoms with van der Waals surface area (Å²) in [6.07, 6.45) is 0.261. The van der Waals surface area contributed by atoms with Crippen LogP contribution in [0.15, 0.2) is 18.2 Å². The summed E-state index contributed by atoms with van der Waals surface area (Å²) in [4.78, 5) is 13.7. The molecule has 6 heteroatoms. The summed E-state index contributed by atoms with van der Waals surface area (Å²) in [5.74, 6) is -0.645.